The molecule has 1 saturated carbocycles. The number of rotatable bonds is 3. The smallest absolute Gasteiger partial charge is 0.330 e. The van der Waals surface area contributed by atoms with Gasteiger partial charge in [0.15, 0.2) is 0 Å². The number of aliphatic carboxylic acids is 1. The average molecular weight is 182 g/mol. The van der Waals surface area contributed by atoms with Crippen LogP contribution in [0.4, 0.5) is 0 Å². The molecular formula is C10H14O3. The van der Waals surface area contributed by atoms with E-state index in [0.717, 1.165) is 19.3 Å². The Morgan fingerprint density at radius 1 is 1.54 bits per heavy atom. The quantitative estimate of drug-likeness (QED) is 0.677. The van der Waals surface area contributed by atoms with E-state index in [1.807, 2.05) is 0 Å². The molecule has 13 heavy (non-hydrogen) atoms. The van der Waals surface area contributed by atoms with Gasteiger partial charge in [-0.05, 0) is 19.3 Å². The maximum atomic E-state index is 11.3. The number of carbonyl (C=O) groups excluding carboxylic acids is 1. The predicted molar refractivity (Wildman–Crippen MR) is 48.4 cm³/mol. The predicted octanol–water partition coefficient (Wildman–Crippen LogP) is 1.78. The minimum atomic E-state index is -0.988. The molecule has 1 rings (SSSR count). The lowest BCUT2D eigenvalue weighted by Crippen LogP contribution is -2.20. The molecule has 0 aromatic heterocycles. The van der Waals surface area contributed by atoms with Crippen LogP contribution in [-0.2, 0) is 9.59 Å². The summed E-state index contributed by atoms with van der Waals surface area (Å²) in [6, 6.07) is 0. The van der Waals surface area contributed by atoms with E-state index in [9.17, 15) is 9.59 Å². The first-order chi connectivity index (χ1) is 6.11. The van der Waals surface area contributed by atoms with Crippen LogP contribution < -0.4 is 0 Å². The summed E-state index contributed by atoms with van der Waals surface area (Å²) < 4.78 is 0. The Hall–Kier alpha value is -1.12. The second kappa shape index (κ2) is 4.21. The van der Waals surface area contributed by atoms with Crippen molar-refractivity contribution in [3.63, 3.8) is 0 Å². The van der Waals surface area contributed by atoms with Crippen molar-refractivity contribution in [2.75, 3.05) is 0 Å². The van der Waals surface area contributed by atoms with Crippen LogP contribution in [0.25, 0.3) is 0 Å². The Balaban J connectivity index is 2.47. The van der Waals surface area contributed by atoms with Crippen LogP contribution >= 0.6 is 0 Å². The van der Waals surface area contributed by atoms with Gasteiger partial charge in [-0.3, -0.25) is 4.79 Å². The molecule has 1 unspecified atom stereocenters. The fourth-order valence-corrected chi connectivity index (χ4v) is 1.66. The Morgan fingerprint density at radius 3 is 2.77 bits per heavy atom. The molecule has 0 aromatic rings. The number of hydrogen-bond acceptors (Lipinski definition) is 2. The largest absolute Gasteiger partial charge is 0.478 e. The molecule has 1 aliphatic carbocycles. The fourth-order valence-electron chi connectivity index (χ4n) is 1.66. The third-order valence-electron chi connectivity index (χ3n) is 2.48. The molecule has 0 saturated heterocycles. The van der Waals surface area contributed by atoms with Crippen molar-refractivity contribution in [3.8, 4) is 0 Å². The van der Waals surface area contributed by atoms with Crippen LogP contribution in [0.1, 0.15) is 32.1 Å². The summed E-state index contributed by atoms with van der Waals surface area (Å²) in [4.78, 5) is 21.8. The molecule has 1 atom stereocenters. The van der Waals surface area contributed by atoms with Gasteiger partial charge in [0.05, 0.1) is 0 Å². The van der Waals surface area contributed by atoms with Crippen molar-refractivity contribution < 1.29 is 14.7 Å². The third kappa shape index (κ3) is 2.68. The van der Waals surface area contributed by atoms with Gasteiger partial charge in [-0.1, -0.05) is 13.0 Å². The van der Waals surface area contributed by atoms with Gasteiger partial charge in [-0.25, -0.2) is 4.79 Å². The molecule has 0 aliphatic heterocycles. The normalized spacial score (nSPS) is 22.8. The summed E-state index contributed by atoms with van der Waals surface area (Å²) in [6.45, 7) is 3.43. The van der Waals surface area contributed by atoms with Crippen LogP contribution in [0, 0.1) is 5.92 Å². The first kappa shape index (κ1) is 9.96. The zero-order valence-electron chi connectivity index (χ0n) is 7.58. The molecule has 0 radical (unpaired) electrons. The Morgan fingerprint density at radius 2 is 2.23 bits per heavy atom. The van der Waals surface area contributed by atoms with Crippen LogP contribution in [0.5, 0.6) is 0 Å². The van der Waals surface area contributed by atoms with Gasteiger partial charge in [0.2, 0.25) is 0 Å². The van der Waals surface area contributed by atoms with Crippen LogP contribution in [0.15, 0.2) is 12.2 Å². The fraction of sp³-hybridized carbons (Fsp3) is 0.600. The summed E-state index contributed by atoms with van der Waals surface area (Å²) in [5.74, 6) is -0.871. The maximum Gasteiger partial charge on any atom is 0.330 e. The van der Waals surface area contributed by atoms with E-state index in [1.165, 1.54) is 0 Å². The Bertz CT molecular complexity index is 243. The topological polar surface area (TPSA) is 54.4 Å². The third-order valence-corrected chi connectivity index (χ3v) is 2.48. The van der Waals surface area contributed by atoms with Crippen molar-refractivity contribution in [2.24, 2.45) is 5.92 Å². The second-order valence-corrected chi connectivity index (χ2v) is 3.52. The van der Waals surface area contributed by atoms with Crippen molar-refractivity contribution in [2.45, 2.75) is 32.1 Å². The van der Waals surface area contributed by atoms with E-state index in [-0.39, 0.29) is 17.3 Å². The minimum Gasteiger partial charge on any atom is -0.478 e. The molecule has 0 heterocycles. The SMILES string of the molecule is C=C(CC1CCCCC1=O)C(=O)O. The highest BCUT2D eigenvalue weighted by atomic mass is 16.4. The van der Waals surface area contributed by atoms with E-state index < -0.39 is 5.97 Å². The number of carboxylic acids is 1. The van der Waals surface area contributed by atoms with Crippen molar-refractivity contribution in [3.05, 3.63) is 12.2 Å². The molecule has 1 fully saturated rings. The number of ketones is 1. The van der Waals surface area contributed by atoms with Crippen LogP contribution in [0.3, 0.4) is 0 Å². The lowest BCUT2D eigenvalue weighted by Gasteiger charge is -2.19. The zero-order valence-corrected chi connectivity index (χ0v) is 7.58. The lowest BCUT2D eigenvalue weighted by molar-refractivity contribution is -0.133. The molecule has 0 bridgehead atoms. The van der Waals surface area contributed by atoms with E-state index in [0.29, 0.717) is 12.8 Å². The molecule has 0 amide bonds. The van der Waals surface area contributed by atoms with E-state index in [2.05, 4.69) is 6.58 Å². The van der Waals surface area contributed by atoms with Gasteiger partial charge >= 0.3 is 5.97 Å². The summed E-state index contributed by atoms with van der Waals surface area (Å²) in [6.07, 6.45) is 3.75. The van der Waals surface area contributed by atoms with Crippen molar-refractivity contribution in [1.82, 2.24) is 0 Å². The molecule has 3 nitrogen and oxygen atoms in total. The van der Waals surface area contributed by atoms with E-state index >= 15 is 0 Å². The van der Waals surface area contributed by atoms with Gasteiger partial charge in [-0.15, -0.1) is 0 Å². The van der Waals surface area contributed by atoms with Gasteiger partial charge < -0.3 is 5.11 Å². The average Bonchev–Trinajstić information content (AvgIpc) is 2.08. The molecule has 0 aromatic carbocycles. The number of hydrogen-bond donors (Lipinski definition) is 1. The Labute approximate surface area is 77.4 Å². The van der Waals surface area contributed by atoms with Crippen molar-refractivity contribution in [1.29, 1.82) is 0 Å². The van der Waals surface area contributed by atoms with Crippen LogP contribution in [-0.4, -0.2) is 16.9 Å². The molecule has 3 heteroatoms. The monoisotopic (exact) mass is 182 g/mol. The number of carboxylic acid groups (broad SMARTS) is 1. The minimum absolute atomic E-state index is 0.0858. The standard InChI is InChI=1S/C10H14O3/c1-7(10(12)13)6-8-4-2-3-5-9(8)11/h8H,1-6H2,(H,12,13). The van der Waals surface area contributed by atoms with Gasteiger partial charge in [0.1, 0.15) is 5.78 Å². The highest BCUT2D eigenvalue weighted by Gasteiger charge is 2.23. The van der Waals surface area contributed by atoms with Crippen LogP contribution in [0.2, 0.25) is 0 Å². The molecule has 72 valence electrons. The first-order valence-corrected chi connectivity index (χ1v) is 4.55. The summed E-state index contributed by atoms with van der Waals surface area (Å²) in [5.41, 5.74) is 0.153. The van der Waals surface area contributed by atoms with Gasteiger partial charge in [-0.2, -0.15) is 0 Å². The Kier molecular flexibility index (Phi) is 3.23. The van der Waals surface area contributed by atoms with E-state index in [1.54, 1.807) is 0 Å². The molecule has 1 N–H and O–H groups in total. The van der Waals surface area contributed by atoms with Crippen molar-refractivity contribution >= 4 is 11.8 Å². The summed E-state index contributed by atoms with van der Waals surface area (Å²) in [5, 5.41) is 8.59. The maximum absolute atomic E-state index is 11.3. The van der Waals surface area contributed by atoms with Gasteiger partial charge in [0.25, 0.3) is 0 Å². The highest BCUT2D eigenvalue weighted by molar-refractivity contribution is 5.88. The summed E-state index contributed by atoms with van der Waals surface area (Å²) >= 11 is 0. The number of carbonyl (C=O) groups is 2. The zero-order chi connectivity index (χ0) is 9.84. The number of Topliss-reactive ketones (excluding diaryl/α,β-unsaturated/α-hetero) is 1. The first-order valence-electron chi connectivity index (χ1n) is 4.55. The van der Waals surface area contributed by atoms with Gasteiger partial charge in [0, 0.05) is 17.9 Å². The summed E-state index contributed by atoms with van der Waals surface area (Å²) in [7, 11) is 0. The van der Waals surface area contributed by atoms with E-state index in [4.69, 9.17) is 5.11 Å². The molecular weight excluding hydrogens is 168 g/mol. The highest BCUT2D eigenvalue weighted by Crippen LogP contribution is 2.25. The molecule has 0 spiro atoms. The lowest BCUT2D eigenvalue weighted by atomic mass is 9.84. The second-order valence-electron chi connectivity index (χ2n) is 3.52. The molecule has 1 aliphatic rings.